The van der Waals surface area contributed by atoms with Crippen LogP contribution in [0.1, 0.15) is 232 Å². The molecule has 73 heavy (non-hydrogen) atoms. The predicted octanol–water partition coefficient (Wildman–Crippen LogP) is 11.1. The van der Waals surface area contributed by atoms with Crippen molar-refractivity contribution >= 4 is 43.4 Å². The van der Waals surface area contributed by atoms with Gasteiger partial charge in [-0.1, -0.05) is 194 Å². The van der Waals surface area contributed by atoms with Gasteiger partial charge in [0.25, 0.3) is 11.8 Å². The normalized spacial score (nSPS) is 13.6. The molecule has 0 bridgehead atoms. The molecule has 0 aliphatic carbocycles. The molecular weight excluding hydrogens is 958 g/mol. The molecule has 2 unspecified atom stereocenters. The van der Waals surface area contributed by atoms with E-state index in [9.17, 15) is 38.2 Å². The smallest absolute Gasteiger partial charge is 0.462 e. The third-order valence-corrected chi connectivity index (χ3v) is 13.7. The number of rotatable bonds is 54. The standard InChI is InChI=1S/C55H100N3O14P/c1-3-5-7-9-11-13-15-17-19-21-23-25-27-29-31-33-54(63)69-47-49(72-55(64)34-32-30-28-26-24-22-20-18-16-14-12-10-8-6-4-2)48-71-73(65,66)70-44-40-57-51(60)38-42-67-45-46-68-43-39-56-50(59)37-41-58-52(61)35-36-53(58)62/h35-36,49H,3-34,37-48H2,1-2H3,(H,56,59)(H,57,60)(H,65,66). The molecule has 0 saturated heterocycles. The Labute approximate surface area is 440 Å². The van der Waals surface area contributed by atoms with E-state index in [1.807, 2.05) is 0 Å². The van der Waals surface area contributed by atoms with Crippen LogP contribution in [0.15, 0.2) is 12.2 Å². The van der Waals surface area contributed by atoms with Crippen molar-refractivity contribution in [3.8, 4) is 0 Å². The van der Waals surface area contributed by atoms with Crippen molar-refractivity contribution < 1.29 is 66.2 Å². The molecular formula is C55H100N3O14P. The molecule has 1 rings (SSSR count). The monoisotopic (exact) mass is 1060 g/mol. The number of nitrogens with one attached hydrogen (secondary N) is 2. The van der Waals surface area contributed by atoms with Gasteiger partial charge < -0.3 is 34.5 Å². The summed E-state index contributed by atoms with van der Waals surface area (Å²) in [4.78, 5) is 84.1. The van der Waals surface area contributed by atoms with Gasteiger partial charge in [-0.25, -0.2) is 4.57 Å². The summed E-state index contributed by atoms with van der Waals surface area (Å²) < 4.78 is 44.7. The molecule has 0 spiro atoms. The van der Waals surface area contributed by atoms with Crippen molar-refractivity contribution in [3.63, 3.8) is 0 Å². The Kier molecular flexibility index (Phi) is 45.0. The second kappa shape index (κ2) is 48.4. The summed E-state index contributed by atoms with van der Waals surface area (Å²) in [5.41, 5.74) is 0. The number of imide groups is 1. The van der Waals surface area contributed by atoms with Gasteiger partial charge in [-0.05, 0) is 12.8 Å². The number of phosphoric ester groups is 1. The van der Waals surface area contributed by atoms with Crippen molar-refractivity contribution in [1.29, 1.82) is 0 Å². The summed E-state index contributed by atoms with van der Waals surface area (Å²) in [6.07, 6.45) is 38.0. The van der Waals surface area contributed by atoms with E-state index in [2.05, 4.69) is 24.5 Å². The van der Waals surface area contributed by atoms with Gasteiger partial charge in [0.05, 0.1) is 39.6 Å². The van der Waals surface area contributed by atoms with E-state index < -0.39 is 44.3 Å². The topological polar surface area (TPSA) is 222 Å². The van der Waals surface area contributed by atoms with Crippen LogP contribution in [-0.2, 0) is 61.3 Å². The first-order valence-electron chi connectivity index (χ1n) is 28.7. The summed E-state index contributed by atoms with van der Waals surface area (Å²) in [5, 5.41) is 5.21. The Hall–Kier alpha value is -3.21. The maximum absolute atomic E-state index is 12.8. The van der Waals surface area contributed by atoms with Crippen LogP contribution in [0.4, 0.5) is 0 Å². The average Bonchev–Trinajstić information content (AvgIpc) is 3.69. The lowest BCUT2D eigenvalue weighted by Crippen LogP contribution is -2.35. The first kappa shape index (κ1) is 67.8. The lowest BCUT2D eigenvalue weighted by Gasteiger charge is -2.20. The number of unbranched alkanes of at least 4 members (excludes halogenated alkanes) is 28. The molecule has 2 atom stereocenters. The minimum Gasteiger partial charge on any atom is -0.462 e. The van der Waals surface area contributed by atoms with E-state index in [1.165, 1.54) is 153 Å². The maximum atomic E-state index is 12.8. The van der Waals surface area contributed by atoms with E-state index >= 15 is 0 Å². The molecule has 3 N–H and O–H groups in total. The Balaban J connectivity index is 2.31. The highest BCUT2D eigenvalue weighted by Crippen LogP contribution is 2.43. The van der Waals surface area contributed by atoms with Crippen molar-refractivity contribution in [2.24, 2.45) is 0 Å². The van der Waals surface area contributed by atoms with E-state index in [-0.39, 0.29) is 96.8 Å². The van der Waals surface area contributed by atoms with Crippen molar-refractivity contribution in [3.05, 3.63) is 12.2 Å². The number of hydrogen-bond acceptors (Lipinski definition) is 13. The lowest BCUT2D eigenvalue weighted by molar-refractivity contribution is -0.161. The van der Waals surface area contributed by atoms with Gasteiger partial charge in [0.2, 0.25) is 11.8 Å². The first-order chi connectivity index (χ1) is 35.5. The van der Waals surface area contributed by atoms with Crippen LogP contribution in [-0.4, -0.2) is 117 Å². The van der Waals surface area contributed by atoms with Crippen molar-refractivity contribution in [2.45, 2.75) is 238 Å². The molecule has 17 nitrogen and oxygen atoms in total. The highest BCUT2D eigenvalue weighted by atomic mass is 31.2. The number of nitrogens with zero attached hydrogens (tertiary/aromatic N) is 1. The minimum atomic E-state index is -4.63. The van der Waals surface area contributed by atoms with Crippen LogP contribution in [0.3, 0.4) is 0 Å². The molecule has 0 aromatic rings. The van der Waals surface area contributed by atoms with E-state index in [0.29, 0.717) is 12.8 Å². The SMILES string of the molecule is CCCCCCCCCCCCCCCCCC(=O)OCC(COP(=O)(O)OCCNC(=O)CCOCCOCCNC(=O)CCN1C(=O)C=CC1=O)OC(=O)CCCCCCCCCCCCCCCCC. The fourth-order valence-electron chi connectivity index (χ4n) is 8.26. The Bertz CT molecular complexity index is 1500. The largest absolute Gasteiger partial charge is 0.472 e. The second-order valence-electron chi connectivity index (χ2n) is 19.4. The number of carbonyl (C=O) groups is 6. The fourth-order valence-corrected chi connectivity index (χ4v) is 9.01. The second-order valence-corrected chi connectivity index (χ2v) is 20.8. The summed E-state index contributed by atoms with van der Waals surface area (Å²) >= 11 is 0. The van der Waals surface area contributed by atoms with E-state index in [0.717, 1.165) is 43.4 Å². The van der Waals surface area contributed by atoms with Crippen LogP contribution >= 0.6 is 7.82 Å². The van der Waals surface area contributed by atoms with E-state index in [4.69, 9.17) is 28.0 Å². The van der Waals surface area contributed by atoms with Gasteiger partial charge in [-0.2, -0.15) is 0 Å². The molecule has 424 valence electrons. The Morgan fingerprint density at radius 2 is 0.890 bits per heavy atom. The summed E-state index contributed by atoms with van der Waals surface area (Å²) in [7, 11) is -4.63. The zero-order valence-corrected chi connectivity index (χ0v) is 46.4. The number of phosphoric acid groups is 1. The summed E-state index contributed by atoms with van der Waals surface area (Å²) in [6.45, 7) is 4.20. The average molecular weight is 1060 g/mol. The summed E-state index contributed by atoms with van der Waals surface area (Å²) in [6, 6.07) is 0. The molecule has 4 amide bonds. The quantitative estimate of drug-likeness (QED) is 0.0223. The molecule has 1 aliphatic rings. The fraction of sp³-hybridized carbons (Fsp3) is 0.855. The number of esters is 2. The van der Waals surface area contributed by atoms with Gasteiger partial charge in [-0.15, -0.1) is 0 Å². The molecule has 0 aromatic heterocycles. The van der Waals surface area contributed by atoms with Crippen LogP contribution in [0.5, 0.6) is 0 Å². The van der Waals surface area contributed by atoms with Crippen LogP contribution in [0, 0.1) is 0 Å². The molecule has 1 aliphatic heterocycles. The van der Waals surface area contributed by atoms with Crippen LogP contribution in [0.25, 0.3) is 0 Å². The van der Waals surface area contributed by atoms with Crippen LogP contribution < -0.4 is 10.6 Å². The third-order valence-electron chi connectivity index (χ3n) is 12.7. The zero-order valence-electron chi connectivity index (χ0n) is 45.5. The predicted molar refractivity (Wildman–Crippen MR) is 284 cm³/mol. The third kappa shape index (κ3) is 43.7. The zero-order chi connectivity index (χ0) is 53.3. The van der Waals surface area contributed by atoms with Gasteiger partial charge in [0.15, 0.2) is 6.10 Å². The first-order valence-corrected chi connectivity index (χ1v) is 30.2. The number of carbonyl (C=O) groups excluding carboxylic acids is 6. The number of hydrogen-bond donors (Lipinski definition) is 3. The van der Waals surface area contributed by atoms with E-state index in [1.54, 1.807) is 0 Å². The number of ether oxygens (including phenoxy) is 4. The molecule has 18 heteroatoms. The van der Waals surface area contributed by atoms with Crippen molar-refractivity contribution in [2.75, 3.05) is 65.9 Å². The highest BCUT2D eigenvalue weighted by Gasteiger charge is 2.27. The molecule has 1 heterocycles. The van der Waals surface area contributed by atoms with Crippen LogP contribution in [0.2, 0.25) is 0 Å². The number of amides is 4. The Morgan fingerprint density at radius 1 is 0.493 bits per heavy atom. The van der Waals surface area contributed by atoms with Gasteiger partial charge >= 0.3 is 19.8 Å². The van der Waals surface area contributed by atoms with Crippen molar-refractivity contribution in [1.82, 2.24) is 15.5 Å². The lowest BCUT2D eigenvalue weighted by atomic mass is 10.0. The van der Waals surface area contributed by atoms with Gasteiger partial charge in [0.1, 0.15) is 6.61 Å². The minimum absolute atomic E-state index is 0.00311. The highest BCUT2D eigenvalue weighted by molar-refractivity contribution is 7.47. The molecule has 0 saturated carbocycles. The summed E-state index contributed by atoms with van der Waals surface area (Å²) in [5.74, 6) is -2.50. The maximum Gasteiger partial charge on any atom is 0.472 e. The van der Waals surface area contributed by atoms with Gasteiger partial charge in [0, 0.05) is 57.5 Å². The molecule has 0 aromatic carbocycles. The van der Waals surface area contributed by atoms with Gasteiger partial charge in [-0.3, -0.25) is 42.7 Å². The molecule has 0 fully saturated rings. The molecule has 0 radical (unpaired) electrons. The Morgan fingerprint density at radius 3 is 1.36 bits per heavy atom.